The summed E-state index contributed by atoms with van der Waals surface area (Å²) in [6.07, 6.45) is 2.03. The van der Waals surface area contributed by atoms with Crippen LogP contribution in [0.5, 0.6) is 0 Å². The van der Waals surface area contributed by atoms with E-state index in [4.69, 9.17) is 10.5 Å². The van der Waals surface area contributed by atoms with E-state index in [1.165, 1.54) is 0 Å². The molecule has 0 radical (unpaired) electrons. The van der Waals surface area contributed by atoms with Crippen LogP contribution in [0, 0.1) is 0 Å². The number of hydrogen-bond acceptors (Lipinski definition) is 5. The molecular formula is C8H13N3O2S. The van der Waals surface area contributed by atoms with Gasteiger partial charge in [0.25, 0.3) is 0 Å². The predicted molar refractivity (Wildman–Crippen MR) is 54.2 cm³/mol. The monoisotopic (exact) mass is 215 g/mol. The normalized spacial score (nSPS) is 12.5. The third-order valence-corrected chi connectivity index (χ3v) is 1.86. The average Bonchev–Trinajstić information content (AvgIpc) is 2.51. The number of carbonyl (C=O) groups excluding carboxylic acids is 1. The van der Waals surface area contributed by atoms with Crippen molar-refractivity contribution in [3.8, 4) is 0 Å². The lowest BCUT2D eigenvalue weighted by molar-refractivity contribution is -0.144. The first-order chi connectivity index (χ1) is 6.63. The van der Waals surface area contributed by atoms with Gasteiger partial charge in [0.2, 0.25) is 0 Å². The molecule has 14 heavy (non-hydrogen) atoms. The fourth-order valence-electron chi connectivity index (χ4n) is 1.01. The van der Waals surface area contributed by atoms with Crippen LogP contribution < -0.4 is 5.73 Å². The Hall–Kier alpha value is -1.01. The highest BCUT2D eigenvalue weighted by molar-refractivity contribution is 7.80. The van der Waals surface area contributed by atoms with E-state index < -0.39 is 12.0 Å². The maximum absolute atomic E-state index is 11.1. The Bertz CT molecular complexity index is 313. The number of rotatable bonds is 4. The summed E-state index contributed by atoms with van der Waals surface area (Å²) in [6.45, 7) is 2.08. The fourth-order valence-corrected chi connectivity index (χ4v) is 1.20. The van der Waals surface area contributed by atoms with Crippen LogP contribution >= 0.6 is 12.6 Å². The van der Waals surface area contributed by atoms with E-state index in [-0.39, 0.29) is 0 Å². The Morgan fingerprint density at radius 2 is 2.57 bits per heavy atom. The van der Waals surface area contributed by atoms with Crippen molar-refractivity contribution in [3.05, 3.63) is 11.9 Å². The second-order valence-corrected chi connectivity index (χ2v) is 3.20. The van der Waals surface area contributed by atoms with Gasteiger partial charge in [-0.3, -0.25) is 4.79 Å². The number of ether oxygens (including phenoxy) is 1. The summed E-state index contributed by atoms with van der Waals surface area (Å²) in [5, 5.41) is 0.510. The first-order valence-corrected chi connectivity index (χ1v) is 4.73. The molecule has 1 unspecified atom stereocenters. The van der Waals surface area contributed by atoms with E-state index in [1.807, 2.05) is 0 Å². The van der Waals surface area contributed by atoms with Crippen molar-refractivity contribution in [3.63, 3.8) is 0 Å². The molecule has 5 nitrogen and oxygen atoms in total. The molecule has 3 N–H and O–H groups in total. The van der Waals surface area contributed by atoms with Crippen molar-refractivity contribution in [1.29, 1.82) is 0 Å². The largest absolute Gasteiger partial charge is 0.465 e. The minimum Gasteiger partial charge on any atom is -0.465 e. The first-order valence-electron chi connectivity index (χ1n) is 4.29. The van der Waals surface area contributed by atoms with E-state index in [0.29, 0.717) is 23.9 Å². The Labute approximate surface area is 87.5 Å². The standard InChI is InChI=1S/C8H13N3O2S/c1-2-13-7(12)6(9)3-5-4-10-8(14)11-5/h4,6H,2-3,9H2,1H3,(H2,10,11,14). The zero-order valence-electron chi connectivity index (χ0n) is 7.86. The lowest BCUT2D eigenvalue weighted by Crippen LogP contribution is -2.34. The number of carbonyl (C=O) groups is 1. The highest BCUT2D eigenvalue weighted by Crippen LogP contribution is 2.03. The van der Waals surface area contributed by atoms with E-state index >= 15 is 0 Å². The topological polar surface area (TPSA) is 81.0 Å². The predicted octanol–water partition coefficient (Wildman–Crippen LogP) is 0.131. The van der Waals surface area contributed by atoms with Crippen LogP contribution in [0.25, 0.3) is 0 Å². The molecule has 0 aliphatic heterocycles. The number of aromatic amines is 1. The van der Waals surface area contributed by atoms with Gasteiger partial charge < -0.3 is 15.5 Å². The molecule has 0 aliphatic rings. The van der Waals surface area contributed by atoms with Gasteiger partial charge in [-0.25, -0.2) is 4.98 Å². The van der Waals surface area contributed by atoms with Gasteiger partial charge in [-0.1, -0.05) is 0 Å². The molecular weight excluding hydrogens is 202 g/mol. The quantitative estimate of drug-likeness (QED) is 0.492. The van der Waals surface area contributed by atoms with Crippen LogP contribution in [0.15, 0.2) is 11.4 Å². The fraction of sp³-hybridized carbons (Fsp3) is 0.500. The molecule has 0 aromatic carbocycles. The van der Waals surface area contributed by atoms with E-state index in [0.717, 1.165) is 0 Å². The van der Waals surface area contributed by atoms with Crippen LogP contribution in [-0.2, 0) is 16.0 Å². The zero-order chi connectivity index (χ0) is 10.6. The first kappa shape index (κ1) is 11.1. The Kier molecular flexibility index (Phi) is 3.97. The van der Waals surface area contributed by atoms with Crippen molar-refractivity contribution in [1.82, 2.24) is 9.97 Å². The molecule has 78 valence electrons. The van der Waals surface area contributed by atoms with Gasteiger partial charge >= 0.3 is 5.97 Å². The van der Waals surface area contributed by atoms with Crippen molar-refractivity contribution >= 4 is 18.6 Å². The van der Waals surface area contributed by atoms with Crippen LogP contribution in [0.2, 0.25) is 0 Å². The molecule has 0 fully saturated rings. The molecule has 6 heteroatoms. The molecule has 0 bridgehead atoms. The van der Waals surface area contributed by atoms with E-state index in [2.05, 4.69) is 22.6 Å². The maximum Gasteiger partial charge on any atom is 0.323 e. The molecule has 1 aromatic rings. The smallest absolute Gasteiger partial charge is 0.323 e. The number of hydrogen-bond donors (Lipinski definition) is 3. The minimum absolute atomic E-state index is 0.338. The minimum atomic E-state index is -0.661. The van der Waals surface area contributed by atoms with Crippen molar-refractivity contribution in [2.45, 2.75) is 24.5 Å². The number of esters is 1. The highest BCUT2D eigenvalue weighted by atomic mass is 32.1. The highest BCUT2D eigenvalue weighted by Gasteiger charge is 2.16. The number of imidazole rings is 1. The zero-order valence-corrected chi connectivity index (χ0v) is 8.75. The third kappa shape index (κ3) is 3.04. The number of aromatic nitrogens is 2. The van der Waals surface area contributed by atoms with Crippen LogP contribution in [-0.4, -0.2) is 28.6 Å². The summed E-state index contributed by atoms with van der Waals surface area (Å²) >= 11 is 4.00. The number of H-pyrrole nitrogens is 1. The average molecular weight is 215 g/mol. The second kappa shape index (κ2) is 5.02. The molecule has 0 spiro atoms. The summed E-state index contributed by atoms with van der Waals surface area (Å²) in [5.74, 6) is -0.406. The van der Waals surface area contributed by atoms with E-state index in [9.17, 15) is 4.79 Å². The lowest BCUT2D eigenvalue weighted by Gasteiger charge is -2.07. The van der Waals surface area contributed by atoms with Gasteiger partial charge in [0.15, 0.2) is 5.16 Å². The van der Waals surface area contributed by atoms with Gasteiger partial charge in [-0.15, -0.1) is 12.6 Å². The molecule has 1 heterocycles. The molecule has 1 atom stereocenters. The SMILES string of the molecule is CCOC(=O)C(N)Cc1c[nH]c(S)n1. The van der Waals surface area contributed by atoms with Gasteiger partial charge in [0.1, 0.15) is 6.04 Å². The van der Waals surface area contributed by atoms with Crippen LogP contribution in [0.3, 0.4) is 0 Å². The number of nitrogens with two attached hydrogens (primary N) is 1. The summed E-state index contributed by atoms with van der Waals surface area (Å²) < 4.78 is 4.76. The van der Waals surface area contributed by atoms with Crippen LogP contribution in [0.1, 0.15) is 12.6 Å². The summed E-state index contributed by atoms with van der Waals surface area (Å²) in [5.41, 5.74) is 6.30. The van der Waals surface area contributed by atoms with Crippen molar-refractivity contribution in [2.75, 3.05) is 6.61 Å². The van der Waals surface area contributed by atoms with Gasteiger partial charge in [-0.2, -0.15) is 0 Å². The van der Waals surface area contributed by atoms with Crippen molar-refractivity contribution < 1.29 is 9.53 Å². The van der Waals surface area contributed by atoms with Crippen LogP contribution in [0.4, 0.5) is 0 Å². The van der Waals surface area contributed by atoms with Gasteiger partial charge in [0.05, 0.1) is 12.3 Å². The molecule has 0 aliphatic carbocycles. The van der Waals surface area contributed by atoms with Gasteiger partial charge in [0, 0.05) is 12.6 Å². The summed E-state index contributed by atoms with van der Waals surface area (Å²) in [6, 6.07) is -0.661. The summed E-state index contributed by atoms with van der Waals surface area (Å²) in [4.78, 5) is 18.0. The Balaban J connectivity index is 2.48. The third-order valence-electron chi connectivity index (χ3n) is 1.64. The molecule has 1 rings (SSSR count). The number of nitrogens with zero attached hydrogens (tertiary/aromatic N) is 1. The van der Waals surface area contributed by atoms with Crippen molar-refractivity contribution in [2.24, 2.45) is 5.73 Å². The Morgan fingerprint density at radius 1 is 1.86 bits per heavy atom. The summed E-state index contributed by atoms with van der Waals surface area (Å²) in [7, 11) is 0. The molecule has 0 saturated heterocycles. The Morgan fingerprint density at radius 3 is 3.07 bits per heavy atom. The van der Waals surface area contributed by atoms with E-state index in [1.54, 1.807) is 13.1 Å². The molecule has 0 saturated carbocycles. The number of nitrogens with one attached hydrogen (secondary N) is 1. The number of thiol groups is 1. The lowest BCUT2D eigenvalue weighted by atomic mass is 10.2. The molecule has 0 amide bonds. The van der Waals surface area contributed by atoms with Gasteiger partial charge in [-0.05, 0) is 6.92 Å². The second-order valence-electron chi connectivity index (χ2n) is 2.78. The maximum atomic E-state index is 11.1. The molecule has 1 aromatic heterocycles.